The first-order valence-electron chi connectivity index (χ1n) is 18.4. The molecule has 53 heavy (non-hydrogen) atoms. The Morgan fingerprint density at radius 1 is 0.755 bits per heavy atom. The standard InChI is InChI=1S/C32H26F2NS.C14H16NSi.Ir/c33-28-11-9-22(17-29(28)34)23-8-10-25-26-2-1-3-27(32(26)36-31(25)18-23)30-16-20(12-13-35-30)15-24-14-19-4-6-21(24)7-5-19;1-16(2,3)13-9-10-14(15-11-13)12-7-5-4-6-8-12;/h1-2,8-13,16-19,21,24H,4-7,14-15H2;4-7,9-11H,1-3H3;/q2*-1;. The van der Waals surface area contributed by atoms with Crippen LogP contribution in [0.4, 0.5) is 8.78 Å². The number of hydrogen-bond acceptors (Lipinski definition) is 3. The molecule has 0 N–H and O–H groups in total. The minimum atomic E-state index is -1.23. The summed E-state index contributed by atoms with van der Waals surface area (Å²) in [7, 11) is -1.23. The van der Waals surface area contributed by atoms with Gasteiger partial charge in [0.25, 0.3) is 0 Å². The number of hydrogen-bond donors (Lipinski definition) is 0. The summed E-state index contributed by atoms with van der Waals surface area (Å²) in [5, 5.41) is 3.73. The molecule has 7 heteroatoms. The zero-order chi connectivity index (χ0) is 35.8. The molecule has 0 saturated heterocycles. The van der Waals surface area contributed by atoms with E-state index in [1.807, 2.05) is 48.8 Å². The van der Waals surface area contributed by atoms with Gasteiger partial charge in [0.05, 0.1) is 8.07 Å². The van der Waals surface area contributed by atoms with E-state index in [2.05, 4.69) is 79.2 Å². The first-order valence-corrected chi connectivity index (χ1v) is 22.7. The monoisotopic (exact) mass is 913 g/mol. The fourth-order valence-electron chi connectivity index (χ4n) is 8.14. The van der Waals surface area contributed by atoms with Crippen LogP contribution < -0.4 is 5.19 Å². The van der Waals surface area contributed by atoms with Crippen LogP contribution in [0.5, 0.6) is 0 Å². The van der Waals surface area contributed by atoms with Gasteiger partial charge in [-0.15, -0.1) is 59.7 Å². The Morgan fingerprint density at radius 2 is 1.57 bits per heavy atom. The Bertz CT molecular complexity index is 2350. The smallest absolute Gasteiger partial charge is 0.159 e. The number of fused-ring (bicyclic) bond motifs is 6. The van der Waals surface area contributed by atoms with Gasteiger partial charge in [-0.25, -0.2) is 8.78 Å². The SMILES string of the molecule is C[Si](C)(C)c1ccc(-c2[c-]cccc2)nc1.Fc1ccc(-c2ccc3c(c2)sc2c(-c4cc(CC5CC6CCC5CC6)ccn4)[c-]ccc23)cc1F.[Ir]. The van der Waals surface area contributed by atoms with Gasteiger partial charge in [-0.3, -0.25) is 0 Å². The second kappa shape index (κ2) is 15.8. The molecule has 3 aromatic heterocycles. The number of rotatable bonds is 6. The van der Waals surface area contributed by atoms with Crippen molar-refractivity contribution >= 4 is 44.8 Å². The van der Waals surface area contributed by atoms with E-state index in [1.54, 1.807) is 17.4 Å². The van der Waals surface area contributed by atoms with Crippen molar-refractivity contribution in [2.75, 3.05) is 0 Å². The van der Waals surface area contributed by atoms with Crippen molar-refractivity contribution in [1.82, 2.24) is 9.97 Å². The van der Waals surface area contributed by atoms with E-state index in [-0.39, 0.29) is 20.1 Å². The molecule has 271 valence electrons. The Morgan fingerprint density at radius 3 is 2.26 bits per heavy atom. The van der Waals surface area contributed by atoms with E-state index in [0.29, 0.717) is 5.56 Å². The van der Waals surface area contributed by atoms with Gasteiger partial charge >= 0.3 is 0 Å². The van der Waals surface area contributed by atoms with Crippen molar-refractivity contribution < 1.29 is 28.9 Å². The van der Waals surface area contributed by atoms with Crippen LogP contribution in [0, 0.1) is 41.5 Å². The average Bonchev–Trinajstić information content (AvgIpc) is 3.55. The van der Waals surface area contributed by atoms with Crippen LogP contribution in [-0.4, -0.2) is 18.0 Å². The summed E-state index contributed by atoms with van der Waals surface area (Å²) in [4.78, 5) is 9.27. The van der Waals surface area contributed by atoms with Crippen LogP contribution >= 0.6 is 11.3 Å². The summed E-state index contributed by atoms with van der Waals surface area (Å²) >= 11 is 1.71. The van der Waals surface area contributed by atoms with Crippen LogP contribution in [0.25, 0.3) is 53.8 Å². The molecule has 1 atom stereocenters. The van der Waals surface area contributed by atoms with Crippen LogP contribution in [0.1, 0.15) is 37.7 Å². The van der Waals surface area contributed by atoms with E-state index in [9.17, 15) is 8.78 Å². The molecule has 2 nitrogen and oxygen atoms in total. The summed E-state index contributed by atoms with van der Waals surface area (Å²) < 4.78 is 29.5. The quantitative estimate of drug-likeness (QED) is 0.123. The fourth-order valence-corrected chi connectivity index (χ4v) is 10.4. The van der Waals surface area contributed by atoms with Gasteiger partial charge in [0.15, 0.2) is 11.6 Å². The summed E-state index contributed by atoms with van der Waals surface area (Å²) in [6.07, 6.45) is 12.2. The minimum absolute atomic E-state index is 0. The third-order valence-electron chi connectivity index (χ3n) is 11.1. The zero-order valence-corrected chi connectivity index (χ0v) is 34.5. The summed E-state index contributed by atoms with van der Waals surface area (Å²) in [5.74, 6) is 0.998. The first kappa shape index (κ1) is 37.4. The van der Waals surface area contributed by atoms with E-state index < -0.39 is 19.7 Å². The van der Waals surface area contributed by atoms with Crippen LogP contribution in [-0.2, 0) is 26.5 Å². The van der Waals surface area contributed by atoms with Gasteiger partial charge in [-0.05, 0) is 105 Å². The fraction of sp³-hybridized carbons (Fsp3) is 0.261. The van der Waals surface area contributed by atoms with Gasteiger partial charge in [0, 0.05) is 37.2 Å². The van der Waals surface area contributed by atoms with Crippen molar-refractivity contribution in [3.05, 3.63) is 139 Å². The second-order valence-corrected chi connectivity index (χ2v) is 21.7. The third-order valence-corrected chi connectivity index (χ3v) is 14.3. The minimum Gasteiger partial charge on any atom is -0.305 e. The van der Waals surface area contributed by atoms with Gasteiger partial charge in [0.1, 0.15) is 0 Å². The average molecular weight is 913 g/mol. The maximum atomic E-state index is 13.8. The summed E-state index contributed by atoms with van der Waals surface area (Å²) in [6.45, 7) is 7.00. The normalized spacial score (nSPS) is 18.0. The van der Waals surface area contributed by atoms with Crippen molar-refractivity contribution in [2.24, 2.45) is 17.8 Å². The second-order valence-electron chi connectivity index (χ2n) is 15.5. The molecule has 2 bridgehead atoms. The first-order chi connectivity index (χ1) is 25.2. The van der Waals surface area contributed by atoms with Gasteiger partial charge in [0.2, 0.25) is 0 Å². The molecule has 3 heterocycles. The Hall–Kier alpha value is -3.87. The Kier molecular flexibility index (Phi) is 11.2. The number of benzene rings is 4. The van der Waals surface area contributed by atoms with E-state index in [4.69, 9.17) is 4.98 Å². The van der Waals surface area contributed by atoms with Crippen molar-refractivity contribution in [3.63, 3.8) is 0 Å². The van der Waals surface area contributed by atoms with Crippen molar-refractivity contribution in [2.45, 2.75) is 58.2 Å². The Balaban J connectivity index is 0.000000216. The summed E-state index contributed by atoms with van der Waals surface area (Å²) in [5.41, 5.74) is 7.00. The molecule has 3 aliphatic carbocycles. The number of nitrogens with zero attached hydrogens (tertiary/aromatic N) is 2. The molecule has 10 rings (SSSR count). The molecular formula is C46H42F2IrN2SSi-2. The van der Waals surface area contributed by atoms with Crippen LogP contribution in [0.3, 0.4) is 0 Å². The van der Waals surface area contributed by atoms with Crippen LogP contribution in [0.2, 0.25) is 19.6 Å². The molecule has 0 aliphatic heterocycles. The molecule has 7 aromatic rings. The van der Waals surface area contributed by atoms with Crippen LogP contribution in [0.15, 0.2) is 109 Å². The number of pyridine rings is 2. The van der Waals surface area contributed by atoms with Crippen molar-refractivity contribution in [3.8, 4) is 33.6 Å². The number of aromatic nitrogens is 2. The Labute approximate surface area is 330 Å². The summed E-state index contributed by atoms with van der Waals surface area (Å²) in [6, 6.07) is 37.6. The third kappa shape index (κ3) is 8.14. The zero-order valence-electron chi connectivity index (χ0n) is 30.3. The molecule has 3 saturated carbocycles. The molecule has 3 fully saturated rings. The molecule has 3 aliphatic rings. The molecular weight excluding hydrogens is 871 g/mol. The van der Waals surface area contributed by atoms with Gasteiger partial charge in [-0.1, -0.05) is 79.8 Å². The van der Waals surface area contributed by atoms with E-state index >= 15 is 0 Å². The molecule has 1 radical (unpaired) electrons. The molecule has 4 aromatic carbocycles. The molecule has 0 spiro atoms. The molecule has 1 unspecified atom stereocenters. The number of halogens is 2. The number of thiophene rings is 1. The van der Waals surface area contributed by atoms with E-state index in [0.717, 1.165) is 67.0 Å². The van der Waals surface area contributed by atoms with E-state index in [1.165, 1.54) is 60.4 Å². The predicted octanol–water partition coefficient (Wildman–Crippen LogP) is 12.3. The largest absolute Gasteiger partial charge is 0.305 e. The molecule has 0 amide bonds. The van der Waals surface area contributed by atoms with Crippen molar-refractivity contribution in [1.29, 1.82) is 0 Å². The maximum absolute atomic E-state index is 13.8. The maximum Gasteiger partial charge on any atom is 0.159 e. The predicted molar refractivity (Wildman–Crippen MR) is 215 cm³/mol. The van der Waals surface area contributed by atoms with Gasteiger partial charge < -0.3 is 9.97 Å². The topological polar surface area (TPSA) is 25.8 Å². The van der Waals surface area contributed by atoms with Gasteiger partial charge in [-0.2, -0.15) is 11.3 Å².